The number of nitrogens with one attached hydrogen (secondary N) is 2. The molecule has 1 aromatic carbocycles. The van der Waals surface area contributed by atoms with Crippen molar-refractivity contribution in [2.45, 2.75) is 32.7 Å². The van der Waals surface area contributed by atoms with Gasteiger partial charge in [0, 0.05) is 51.8 Å². The summed E-state index contributed by atoms with van der Waals surface area (Å²) in [6.07, 6.45) is 4.86. The van der Waals surface area contributed by atoms with Crippen LogP contribution in [0.15, 0.2) is 47.6 Å². The lowest BCUT2D eigenvalue weighted by Crippen LogP contribution is -2.38. The van der Waals surface area contributed by atoms with E-state index in [9.17, 15) is 4.39 Å². The van der Waals surface area contributed by atoms with Crippen molar-refractivity contribution in [1.82, 2.24) is 15.6 Å². The number of rotatable bonds is 11. The molecular weight excluding hydrogens is 411 g/mol. The second-order valence-corrected chi connectivity index (χ2v) is 7.67. The van der Waals surface area contributed by atoms with E-state index >= 15 is 0 Å². The number of aromatic nitrogens is 1. The Balaban J connectivity index is 1.37. The van der Waals surface area contributed by atoms with Gasteiger partial charge in [-0.15, -0.1) is 0 Å². The summed E-state index contributed by atoms with van der Waals surface area (Å²) in [6, 6.07) is 9.55. The predicted octanol–water partition coefficient (Wildman–Crippen LogP) is 3.90. The number of ether oxygens (including phenoxy) is 3. The molecule has 1 aromatic heterocycles. The average Bonchev–Trinajstić information content (AvgIpc) is 2.82. The van der Waals surface area contributed by atoms with Gasteiger partial charge < -0.3 is 24.8 Å². The van der Waals surface area contributed by atoms with Crippen molar-refractivity contribution < 1.29 is 18.6 Å². The fraction of sp³-hybridized carbons (Fsp3) is 0.500. The van der Waals surface area contributed by atoms with Crippen molar-refractivity contribution in [2.75, 3.05) is 39.5 Å². The summed E-state index contributed by atoms with van der Waals surface area (Å²) in [7, 11) is 0. The molecule has 0 bridgehead atoms. The number of benzene rings is 1. The molecule has 1 saturated heterocycles. The molecule has 0 atom stereocenters. The lowest BCUT2D eigenvalue weighted by atomic mass is 10.0. The Morgan fingerprint density at radius 1 is 1.16 bits per heavy atom. The van der Waals surface area contributed by atoms with E-state index in [-0.39, 0.29) is 5.82 Å². The zero-order valence-electron chi connectivity index (χ0n) is 18.7. The summed E-state index contributed by atoms with van der Waals surface area (Å²) in [6.45, 7) is 7.40. The van der Waals surface area contributed by atoms with E-state index < -0.39 is 0 Å². The summed E-state index contributed by atoms with van der Waals surface area (Å²) in [5, 5.41) is 6.59. The van der Waals surface area contributed by atoms with Gasteiger partial charge in [-0.25, -0.2) is 14.4 Å². The van der Waals surface area contributed by atoms with Gasteiger partial charge in [-0.05, 0) is 61.9 Å². The SMILES string of the molecule is CCNC(=NCc1ccc(Oc2ccc(F)cc2)nc1)NCCCOCC1CCOCC1. The first kappa shape index (κ1) is 23.9. The van der Waals surface area contributed by atoms with E-state index in [0.717, 1.165) is 70.3 Å². The van der Waals surface area contributed by atoms with Crippen molar-refractivity contribution in [2.24, 2.45) is 10.9 Å². The highest BCUT2D eigenvalue weighted by atomic mass is 19.1. The van der Waals surface area contributed by atoms with Crippen LogP contribution in [0.4, 0.5) is 4.39 Å². The maximum atomic E-state index is 13.0. The van der Waals surface area contributed by atoms with Crippen molar-refractivity contribution in [3.05, 3.63) is 54.0 Å². The Labute approximate surface area is 189 Å². The highest BCUT2D eigenvalue weighted by molar-refractivity contribution is 5.79. The van der Waals surface area contributed by atoms with Crippen LogP contribution in [0.3, 0.4) is 0 Å². The molecule has 2 heterocycles. The van der Waals surface area contributed by atoms with E-state index in [1.807, 2.05) is 13.0 Å². The molecule has 174 valence electrons. The van der Waals surface area contributed by atoms with Crippen molar-refractivity contribution in [3.63, 3.8) is 0 Å². The van der Waals surface area contributed by atoms with Gasteiger partial charge in [0.25, 0.3) is 0 Å². The number of nitrogens with zero attached hydrogens (tertiary/aromatic N) is 2. The minimum Gasteiger partial charge on any atom is -0.439 e. The minimum absolute atomic E-state index is 0.300. The molecule has 32 heavy (non-hydrogen) atoms. The Bertz CT molecular complexity index is 809. The zero-order chi connectivity index (χ0) is 22.4. The van der Waals surface area contributed by atoms with Gasteiger partial charge in [-0.1, -0.05) is 6.07 Å². The molecule has 0 unspecified atom stereocenters. The molecule has 2 aromatic rings. The molecule has 0 aliphatic carbocycles. The molecule has 7 nitrogen and oxygen atoms in total. The molecule has 8 heteroatoms. The summed E-state index contributed by atoms with van der Waals surface area (Å²) in [5.41, 5.74) is 0.966. The first-order chi connectivity index (χ1) is 15.7. The molecule has 1 aliphatic heterocycles. The largest absolute Gasteiger partial charge is 0.439 e. The fourth-order valence-corrected chi connectivity index (χ4v) is 3.24. The van der Waals surface area contributed by atoms with E-state index in [2.05, 4.69) is 20.6 Å². The molecule has 3 rings (SSSR count). The smallest absolute Gasteiger partial charge is 0.219 e. The van der Waals surface area contributed by atoms with Crippen LogP contribution in [0.5, 0.6) is 11.6 Å². The van der Waals surface area contributed by atoms with Crippen molar-refractivity contribution in [3.8, 4) is 11.6 Å². The quantitative estimate of drug-likeness (QED) is 0.311. The number of pyridine rings is 1. The molecule has 1 aliphatic rings. The molecule has 1 fully saturated rings. The zero-order valence-corrected chi connectivity index (χ0v) is 18.7. The van der Waals surface area contributed by atoms with Crippen LogP contribution in [0.1, 0.15) is 31.7 Å². The van der Waals surface area contributed by atoms with Crippen LogP contribution < -0.4 is 15.4 Å². The Morgan fingerprint density at radius 3 is 2.69 bits per heavy atom. The second-order valence-electron chi connectivity index (χ2n) is 7.67. The average molecular weight is 445 g/mol. The van der Waals surface area contributed by atoms with Crippen LogP contribution in [-0.2, 0) is 16.0 Å². The molecule has 0 spiro atoms. The number of hydrogen-bond acceptors (Lipinski definition) is 5. The maximum Gasteiger partial charge on any atom is 0.219 e. The molecule has 0 amide bonds. The molecular formula is C24H33FN4O3. The van der Waals surface area contributed by atoms with Gasteiger partial charge in [-0.3, -0.25) is 0 Å². The van der Waals surface area contributed by atoms with Crippen LogP contribution in [0.25, 0.3) is 0 Å². The highest BCUT2D eigenvalue weighted by Gasteiger charge is 2.13. The summed E-state index contributed by atoms with van der Waals surface area (Å²) in [4.78, 5) is 8.92. The van der Waals surface area contributed by atoms with E-state index in [0.29, 0.717) is 24.1 Å². The van der Waals surface area contributed by atoms with Crippen molar-refractivity contribution in [1.29, 1.82) is 0 Å². The highest BCUT2D eigenvalue weighted by Crippen LogP contribution is 2.19. The fourth-order valence-electron chi connectivity index (χ4n) is 3.24. The first-order valence-electron chi connectivity index (χ1n) is 11.3. The van der Waals surface area contributed by atoms with E-state index in [4.69, 9.17) is 14.2 Å². The van der Waals surface area contributed by atoms with Crippen molar-refractivity contribution >= 4 is 5.96 Å². The monoisotopic (exact) mass is 444 g/mol. The lowest BCUT2D eigenvalue weighted by Gasteiger charge is -2.21. The van der Waals surface area contributed by atoms with Crippen LogP contribution in [0, 0.1) is 11.7 Å². The normalized spacial score (nSPS) is 14.9. The number of aliphatic imine (C=N–C) groups is 1. The Kier molecular flexibility index (Phi) is 10.2. The number of hydrogen-bond donors (Lipinski definition) is 2. The minimum atomic E-state index is -0.300. The topological polar surface area (TPSA) is 77.0 Å². The molecule has 0 radical (unpaired) electrons. The standard InChI is InChI=1S/C24H33FN4O3/c1-2-26-24(27-12-3-13-31-18-19-10-14-30-15-11-19)29-17-20-4-9-23(28-16-20)32-22-7-5-21(25)6-8-22/h4-9,16,19H,2-3,10-15,17-18H2,1H3,(H2,26,27,29). The third-order valence-electron chi connectivity index (χ3n) is 5.05. The number of halogens is 1. The van der Waals surface area contributed by atoms with Gasteiger partial charge in [0.15, 0.2) is 5.96 Å². The summed E-state index contributed by atoms with van der Waals surface area (Å²) in [5.74, 6) is 2.10. The van der Waals surface area contributed by atoms with Crippen LogP contribution in [0.2, 0.25) is 0 Å². The van der Waals surface area contributed by atoms with Crippen LogP contribution in [-0.4, -0.2) is 50.5 Å². The molecule has 0 saturated carbocycles. The lowest BCUT2D eigenvalue weighted by molar-refractivity contribution is 0.0203. The predicted molar refractivity (Wildman–Crippen MR) is 123 cm³/mol. The van der Waals surface area contributed by atoms with E-state index in [1.54, 1.807) is 24.4 Å². The number of guanidine groups is 1. The third kappa shape index (κ3) is 8.80. The van der Waals surface area contributed by atoms with Gasteiger partial charge in [-0.2, -0.15) is 0 Å². The van der Waals surface area contributed by atoms with Gasteiger partial charge in [0.2, 0.25) is 5.88 Å². The Morgan fingerprint density at radius 2 is 1.97 bits per heavy atom. The Hall–Kier alpha value is -2.71. The second kappa shape index (κ2) is 13.6. The molecule has 2 N–H and O–H groups in total. The van der Waals surface area contributed by atoms with Crippen LogP contribution >= 0.6 is 0 Å². The van der Waals surface area contributed by atoms with Gasteiger partial charge in [0.05, 0.1) is 6.54 Å². The summed E-state index contributed by atoms with van der Waals surface area (Å²) >= 11 is 0. The first-order valence-corrected chi connectivity index (χ1v) is 11.3. The summed E-state index contributed by atoms with van der Waals surface area (Å²) < 4.78 is 29.8. The van der Waals surface area contributed by atoms with Gasteiger partial charge >= 0.3 is 0 Å². The van der Waals surface area contributed by atoms with E-state index in [1.165, 1.54) is 12.1 Å². The maximum absolute atomic E-state index is 13.0. The van der Waals surface area contributed by atoms with Gasteiger partial charge in [0.1, 0.15) is 11.6 Å². The third-order valence-corrected chi connectivity index (χ3v) is 5.05.